The van der Waals surface area contributed by atoms with E-state index in [-0.39, 0.29) is 25.9 Å². The zero-order valence-electron chi connectivity index (χ0n) is 20.7. The van der Waals surface area contributed by atoms with Crippen LogP contribution < -0.4 is 5.32 Å². The fourth-order valence-electron chi connectivity index (χ4n) is 5.89. The first-order chi connectivity index (χ1) is 17.1. The summed E-state index contributed by atoms with van der Waals surface area (Å²) in [4.78, 5) is 6.05. The van der Waals surface area contributed by atoms with Crippen molar-refractivity contribution in [1.29, 1.82) is 0 Å². The molecule has 3 heterocycles. The van der Waals surface area contributed by atoms with Gasteiger partial charge in [-0.05, 0) is 73.5 Å². The predicted molar refractivity (Wildman–Crippen MR) is 138 cm³/mol. The number of nitrogens with one attached hydrogen (secondary N) is 2. The number of aryl methyl sites for hydroxylation is 1. The molecule has 188 valence electrons. The van der Waals surface area contributed by atoms with Crippen molar-refractivity contribution >= 4 is 10.9 Å². The maximum Gasteiger partial charge on any atom is 0.169 e. The molecule has 2 N–H and O–H groups in total. The minimum absolute atomic E-state index is 0.00282. The van der Waals surface area contributed by atoms with Crippen LogP contribution in [0.2, 0.25) is 0 Å². The number of benzene rings is 2. The van der Waals surface area contributed by atoms with Crippen molar-refractivity contribution in [2.45, 2.75) is 50.7 Å². The van der Waals surface area contributed by atoms with E-state index in [0.717, 1.165) is 50.8 Å². The summed E-state index contributed by atoms with van der Waals surface area (Å²) in [6.45, 7) is 5.16. The van der Waals surface area contributed by atoms with Gasteiger partial charge in [-0.3, -0.25) is 9.29 Å². The number of ether oxygens (including phenoxy) is 1. The van der Waals surface area contributed by atoms with E-state index in [1.54, 1.807) is 0 Å². The summed E-state index contributed by atoms with van der Waals surface area (Å²) in [5, 5.41) is 4.62. The van der Waals surface area contributed by atoms with Gasteiger partial charge in [0.1, 0.15) is 0 Å². The van der Waals surface area contributed by atoms with Crippen LogP contribution in [0.25, 0.3) is 10.9 Å². The van der Waals surface area contributed by atoms with E-state index in [1.807, 2.05) is 0 Å². The van der Waals surface area contributed by atoms with Crippen LogP contribution in [0, 0.1) is 0 Å². The lowest BCUT2D eigenvalue weighted by atomic mass is 9.85. The number of fused-ring (bicyclic) bond motifs is 3. The molecule has 4 nitrogen and oxygen atoms in total. The van der Waals surface area contributed by atoms with Crippen LogP contribution in [0.4, 0.5) is 8.78 Å². The van der Waals surface area contributed by atoms with Crippen molar-refractivity contribution in [3.05, 3.63) is 70.4 Å². The zero-order valence-corrected chi connectivity index (χ0v) is 20.7. The topological polar surface area (TPSA) is 40.3 Å². The molecule has 2 aliphatic heterocycles. The summed E-state index contributed by atoms with van der Waals surface area (Å²) in [6, 6.07) is 15.1. The van der Waals surface area contributed by atoms with E-state index < -0.39 is 5.67 Å². The van der Waals surface area contributed by atoms with Crippen LogP contribution in [0.1, 0.15) is 53.8 Å². The maximum absolute atomic E-state index is 15.3. The van der Waals surface area contributed by atoms with Crippen molar-refractivity contribution in [3.63, 3.8) is 0 Å². The Balaban J connectivity index is 1.48. The highest BCUT2D eigenvalue weighted by molar-refractivity contribution is 5.85. The van der Waals surface area contributed by atoms with E-state index in [0.29, 0.717) is 13.0 Å². The number of hydrogen-bond acceptors (Lipinski definition) is 3. The summed E-state index contributed by atoms with van der Waals surface area (Å²) >= 11 is 0. The van der Waals surface area contributed by atoms with Gasteiger partial charge in [0.05, 0.1) is 25.9 Å². The Hall–Kier alpha value is -2.28. The van der Waals surface area contributed by atoms with E-state index in [2.05, 4.69) is 64.6 Å². The minimum atomic E-state index is -1.27. The van der Waals surface area contributed by atoms with Crippen molar-refractivity contribution < 1.29 is 13.5 Å². The standard InChI is InChI=1S/C29H37F2N3O/c1-2-22-21(9-6-15-32-16-7-14-30)8-5-11-25(22)28-27-24(23-10-3-4-12-26(23)33-27)13-17-34(28)18-29(31)19-35-20-29/h3-5,8,10-12,28,32-33H,2,6-7,9,13-20H2,1H3. The minimum Gasteiger partial charge on any atom is -0.375 e. The maximum atomic E-state index is 15.3. The molecule has 5 rings (SSSR count). The molecule has 0 aliphatic carbocycles. The van der Waals surface area contributed by atoms with Gasteiger partial charge in [-0.1, -0.05) is 43.3 Å². The van der Waals surface area contributed by atoms with Crippen molar-refractivity contribution in [1.82, 2.24) is 15.2 Å². The molecule has 1 fully saturated rings. The van der Waals surface area contributed by atoms with Crippen LogP contribution in [-0.4, -0.2) is 61.6 Å². The first-order valence-electron chi connectivity index (χ1n) is 13.1. The van der Waals surface area contributed by atoms with Crippen LogP contribution in [0.15, 0.2) is 42.5 Å². The molecule has 0 amide bonds. The highest BCUT2D eigenvalue weighted by Gasteiger charge is 2.44. The van der Waals surface area contributed by atoms with E-state index in [1.165, 1.54) is 33.3 Å². The molecular weight excluding hydrogens is 444 g/mol. The average Bonchev–Trinajstić information content (AvgIpc) is 3.23. The number of alkyl halides is 2. The summed E-state index contributed by atoms with van der Waals surface area (Å²) in [5.74, 6) is 0. The van der Waals surface area contributed by atoms with Crippen LogP contribution >= 0.6 is 0 Å². The number of aromatic nitrogens is 1. The second-order valence-electron chi connectivity index (χ2n) is 10.1. The number of H-pyrrole nitrogens is 1. The van der Waals surface area contributed by atoms with Crippen molar-refractivity contribution in [2.24, 2.45) is 0 Å². The molecule has 1 unspecified atom stereocenters. The van der Waals surface area contributed by atoms with E-state index in [9.17, 15) is 4.39 Å². The average molecular weight is 482 g/mol. The molecule has 35 heavy (non-hydrogen) atoms. The molecule has 1 aromatic heterocycles. The van der Waals surface area contributed by atoms with Crippen molar-refractivity contribution in [2.75, 3.05) is 46.1 Å². The highest BCUT2D eigenvalue weighted by atomic mass is 19.1. The number of hydrogen-bond donors (Lipinski definition) is 2. The van der Waals surface area contributed by atoms with E-state index >= 15 is 4.39 Å². The zero-order chi connectivity index (χ0) is 24.3. The third kappa shape index (κ3) is 5.02. The number of rotatable bonds is 11. The largest absolute Gasteiger partial charge is 0.375 e. The Morgan fingerprint density at radius 2 is 1.94 bits per heavy atom. The number of nitrogens with zero attached hydrogens (tertiary/aromatic N) is 1. The van der Waals surface area contributed by atoms with Crippen LogP contribution in [0.5, 0.6) is 0 Å². The third-order valence-corrected chi connectivity index (χ3v) is 7.59. The quantitative estimate of drug-likeness (QED) is 0.365. The molecular formula is C29H37F2N3O. The fourth-order valence-corrected chi connectivity index (χ4v) is 5.89. The molecule has 0 spiro atoms. The Bertz CT molecular complexity index is 1140. The predicted octanol–water partition coefficient (Wildman–Crippen LogP) is 5.30. The molecule has 3 aromatic rings. The highest BCUT2D eigenvalue weighted by Crippen LogP contribution is 2.41. The summed E-state index contributed by atoms with van der Waals surface area (Å²) in [7, 11) is 0. The molecule has 0 bridgehead atoms. The lowest BCUT2D eigenvalue weighted by molar-refractivity contribution is -0.144. The normalized spacial score (nSPS) is 19.6. The van der Waals surface area contributed by atoms with Gasteiger partial charge in [0.2, 0.25) is 0 Å². The van der Waals surface area contributed by atoms with Gasteiger partial charge in [-0.15, -0.1) is 0 Å². The van der Waals surface area contributed by atoms with Gasteiger partial charge in [0.25, 0.3) is 0 Å². The summed E-state index contributed by atoms with van der Waals surface area (Å²) in [5.41, 5.74) is 6.48. The molecule has 6 heteroatoms. The van der Waals surface area contributed by atoms with Crippen LogP contribution in [0.3, 0.4) is 0 Å². The monoisotopic (exact) mass is 481 g/mol. The van der Waals surface area contributed by atoms with Gasteiger partial charge in [-0.2, -0.15) is 0 Å². The molecule has 2 aliphatic rings. The smallest absolute Gasteiger partial charge is 0.169 e. The summed E-state index contributed by atoms with van der Waals surface area (Å²) in [6.07, 6.45) is 4.41. The van der Waals surface area contributed by atoms with E-state index in [4.69, 9.17) is 4.74 Å². The molecule has 1 atom stereocenters. The molecule has 1 saturated heterocycles. The Morgan fingerprint density at radius 1 is 1.11 bits per heavy atom. The molecule has 0 radical (unpaired) electrons. The van der Waals surface area contributed by atoms with Gasteiger partial charge >= 0.3 is 0 Å². The second kappa shape index (κ2) is 10.8. The lowest BCUT2D eigenvalue weighted by Crippen LogP contribution is -2.55. The third-order valence-electron chi connectivity index (χ3n) is 7.59. The number of aromatic amines is 1. The fraction of sp³-hybridized carbons (Fsp3) is 0.517. The van der Waals surface area contributed by atoms with Gasteiger partial charge < -0.3 is 15.0 Å². The number of halogens is 2. The lowest BCUT2D eigenvalue weighted by Gasteiger charge is -2.43. The second-order valence-corrected chi connectivity index (χ2v) is 10.1. The summed E-state index contributed by atoms with van der Waals surface area (Å²) < 4.78 is 32.9. The van der Waals surface area contributed by atoms with Crippen molar-refractivity contribution in [3.8, 4) is 0 Å². The van der Waals surface area contributed by atoms with Gasteiger partial charge in [-0.25, -0.2) is 4.39 Å². The SMILES string of the molecule is CCc1c(CCCNCCCF)cccc1C1c2[nH]c3ccccc3c2CCN1CC1(F)COC1. The van der Waals surface area contributed by atoms with Gasteiger partial charge in [0.15, 0.2) is 5.67 Å². The van der Waals surface area contributed by atoms with Crippen LogP contribution in [-0.2, 0) is 24.0 Å². The number of para-hydroxylation sites is 1. The molecule has 2 aromatic carbocycles. The Labute approximate surface area is 207 Å². The van der Waals surface area contributed by atoms with Gasteiger partial charge in [0, 0.05) is 29.7 Å². The first kappa shape index (κ1) is 24.4. The Kier molecular flexibility index (Phi) is 7.51. The Morgan fingerprint density at radius 3 is 2.71 bits per heavy atom. The molecule has 0 saturated carbocycles. The first-order valence-corrected chi connectivity index (χ1v) is 13.1.